The fourth-order valence-electron chi connectivity index (χ4n) is 5.57. The highest BCUT2D eigenvalue weighted by Gasteiger charge is 2.72. The van der Waals surface area contributed by atoms with Crippen molar-refractivity contribution in [1.29, 1.82) is 0 Å². The van der Waals surface area contributed by atoms with Gasteiger partial charge >= 0.3 is 0 Å². The SMILES string of the molecule is CC(C)[C@@H]1[C@@H]2C[C@]3(C)[C@@H]([C@@H]21)[C@](C)(O)CC[C@@H]3O. The van der Waals surface area contributed by atoms with Gasteiger partial charge in [0.15, 0.2) is 0 Å². The summed E-state index contributed by atoms with van der Waals surface area (Å²) in [6.45, 7) is 8.81. The van der Waals surface area contributed by atoms with Gasteiger partial charge in [-0.15, -0.1) is 0 Å². The second kappa shape index (κ2) is 3.27. The normalized spacial score (nSPS) is 61.2. The Balaban J connectivity index is 1.92. The van der Waals surface area contributed by atoms with Crippen molar-refractivity contribution < 1.29 is 10.2 Å². The molecule has 0 aromatic heterocycles. The van der Waals surface area contributed by atoms with Crippen molar-refractivity contribution in [2.45, 2.75) is 58.7 Å². The quantitative estimate of drug-likeness (QED) is 0.736. The number of hydrogen-bond acceptors (Lipinski definition) is 2. The van der Waals surface area contributed by atoms with Crippen LogP contribution in [0.25, 0.3) is 0 Å². The molecule has 17 heavy (non-hydrogen) atoms. The smallest absolute Gasteiger partial charge is 0.0657 e. The minimum Gasteiger partial charge on any atom is -0.393 e. The summed E-state index contributed by atoms with van der Waals surface area (Å²) in [5.41, 5.74) is -0.584. The molecule has 0 spiro atoms. The first-order chi connectivity index (χ1) is 7.79. The van der Waals surface area contributed by atoms with E-state index in [2.05, 4.69) is 20.8 Å². The molecule has 0 aromatic rings. The van der Waals surface area contributed by atoms with Crippen LogP contribution >= 0.6 is 0 Å². The Morgan fingerprint density at radius 2 is 1.88 bits per heavy atom. The minimum atomic E-state index is -0.558. The summed E-state index contributed by atoms with van der Waals surface area (Å²) in [5, 5.41) is 21.0. The maximum atomic E-state index is 10.7. The summed E-state index contributed by atoms with van der Waals surface area (Å²) < 4.78 is 0. The van der Waals surface area contributed by atoms with E-state index in [4.69, 9.17) is 0 Å². The van der Waals surface area contributed by atoms with Gasteiger partial charge in [-0.1, -0.05) is 20.8 Å². The predicted octanol–water partition coefficient (Wildman–Crippen LogP) is 2.44. The van der Waals surface area contributed by atoms with E-state index in [1.54, 1.807) is 0 Å². The first-order valence-corrected chi connectivity index (χ1v) is 7.19. The lowest BCUT2D eigenvalue weighted by Crippen LogP contribution is -2.54. The Labute approximate surface area is 104 Å². The largest absolute Gasteiger partial charge is 0.393 e. The molecule has 0 unspecified atom stereocenters. The van der Waals surface area contributed by atoms with Gasteiger partial charge in [-0.25, -0.2) is 0 Å². The molecule has 0 aliphatic heterocycles. The molecule has 3 fully saturated rings. The number of fused-ring (bicyclic) bond motifs is 3. The molecule has 3 aliphatic rings. The van der Waals surface area contributed by atoms with Crippen LogP contribution < -0.4 is 0 Å². The summed E-state index contributed by atoms with van der Waals surface area (Å²) in [6, 6.07) is 0. The molecule has 0 aromatic carbocycles. The fraction of sp³-hybridized carbons (Fsp3) is 1.00. The average molecular weight is 238 g/mol. The van der Waals surface area contributed by atoms with Gasteiger partial charge in [-0.2, -0.15) is 0 Å². The summed E-state index contributed by atoms with van der Waals surface area (Å²) in [4.78, 5) is 0. The molecule has 3 rings (SSSR count). The van der Waals surface area contributed by atoms with Crippen LogP contribution in [0.2, 0.25) is 0 Å². The molecular weight excluding hydrogens is 212 g/mol. The van der Waals surface area contributed by atoms with E-state index in [1.165, 1.54) is 0 Å². The van der Waals surface area contributed by atoms with Crippen LogP contribution in [0.3, 0.4) is 0 Å². The summed E-state index contributed by atoms with van der Waals surface area (Å²) in [7, 11) is 0. The zero-order chi connectivity index (χ0) is 12.6. The maximum Gasteiger partial charge on any atom is 0.0657 e. The second-order valence-corrected chi connectivity index (χ2v) is 7.66. The van der Waals surface area contributed by atoms with E-state index >= 15 is 0 Å². The number of rotatable bonds is 1. The minimum absolute atomic E-state index is 0.0253. The zero-order valence-corrected chi connectivity index (χ0v) is 11.5. The van der Waals surface area contributed by atoms with Gasteiger partial charge in [0.1, 0.15) is 0 Å². The third-order valence-corrected chi connectivity index (χ3v) is 6.19. The lowest BCUT2D eigenvalue weighted by atomic mass is 9.58. The molecule has 0 saturated heterocycles. The van der Waals surface area contributed by atoms with Crippen LogP contribution in [0, 0.1) is 35.0 Å². The van der Waals surface area contributed by atoms with Gasteiger partial charge < -0.3 is 10.2 Å². The highest BCUT2D eigenvalue weighted by Crippen LogP contribution is 2.73. The molecule has 7 atom stereocenters. The van der Waals surface area contributed by atoms with Crippen LogP contribution in [-0.4, -0.2) is 21.9 Å². The van der Waals surface area contributed by atoms with Gasteiger partial charge in [-0.3, -0.25) is 0 Å². The van der Waals surface area contributed by atoms with E-state index in [-0.39, 0.29) is 11.5 Å². The van der Waals surface area contributed by atoms with Crippen molar-refractivity contribution in [3.8, 4) is 0 Å². The Morgan fingerprint density at radius 3 is 2.47 bits per heavy atom. The molecule has 98 valence electrons. The average Bonchev–Trinajstić information content (AvgIpc) is 2.77. The van der Waals surface area contributed by atoms with Crippen molar-refractivity contribution >= 4 is 0 Å². The van der Waals surface area contributed by atoms with Crippen molar-refractivity contribution in [3.05, 3.63) is 0 Å². The van der Waals surface area contributed by atoms with Gasteiger partial charge in [0, 0.05) is 0 Å². The molecule has 0 bridgehead atoms. The molecule has 2 nitrogen and oxygen atoms in total. The molecular formula is C15H26O2. The first kappa shape index (κ1) is 12.0. The standard InChI is InChI=1S/C15H26O2/c1-8(2)11-9-7-14(3)10(16)5-6-15(4,17)13(14)12(9)11/h8-13,16-17H,5-7H2,1-4H3/t9-,10-,11+,12-,13+,14-,15+/m0/s1. The van der Waals surface area contributed by atoms with Gasteiger partial charge in [-0.05, 0) is 61.2 Å². The topological polar surface area (TPSA) is 40.5 Å². The number of hydrogen-bond donors (Lipinski definition) is 2. The van der Waals surface area contributed by atoms with Crippen molar-refractivity contribution in [2.75, 3.05) is 0 Å². The fourth-order valence-corrected chi connectivity index (χ4v) is 5.57. The Hall–Kier alpha value is -0.0800. The highest BCUT2D eigenvalue weighted by molar-refractivity contribution is 5.20. The van der Waals surface area contributed by atoms with Crippen LogP contribution in [0.4, 0.5) is 0 Å². The molecule has 2 heteroatoms. The third kappa shape index (κ3) is 1.40. The number of aliphatic hydroxyl groups is 2. The van der Waals surface area contributed by atoms with Crippen LogP contribution in [0.15, 0.2) is 0 Å². The highest BCUT2D eigenvalue weighted by atomic mass is 16.3. The first-order valence-electron chi connectivity index (χ1n) is 7.19. The van der Waals surface area contributed by atoms with E-state index in [9.17, 15) is 10.2 Å². The molecule has 3 aliphatic carbocycles. The van der Waals surface area contributed by atoms with E-state index < -0.39 is 5.60 Å². The molecule has 0 radical (unpaired) electrons. The Kier molecular flexibility index (Phi) is 2.30. The van der Waals surface area contributed by atoms with E-state index in [0.29, 0.717) is 11.8 Å². The zero-order valence-electron chi connectivity index (χ0n) is 11.5. The molecule has 0 heterocycles. The molecule has 3 saturated carbocycles. The summed E-state index contributed by atoms with van der Waals surface area (Å²) >= 11 is 0. The summed E-state index contributed by atoms with van der Waals surface area (Å²) in [6.07, 6.45) is 2.46. The lowest BCUT2D eigenvalue weighted by molar-refractivity contribution is -0.150. The molecule has 0 amide bonds. The van der Waals surface area contributed by atoms with Gasteiger partial charge in [0.25, 0.3) is 0 Å². The van der Waals surface area contributed by atoms with Crippen LogP contribution in [0.1, 0.15) is 47.0 Å². The third-order valence-electron chi connectivity index (χ3n) is 6.19. The number of aliphatic hydroxyl groups excluding tert-OH is 1. The van der Waals surface area contributed by atoms with Gasteiger partial charge in [0.2, 0.25) is 0 Å². The van der Waals surface area contributed by atoms with Crippen molar-refractivity contribution in [1.82, 2.24) is 0 Å². The second-order valence-electron chi connectivity index (χ2n) is 7.66. The van der Waals surface area contributed by atoms with Gasteiger partial charge in [0.05, 0.1) is 11.7 Å². The summed E-state index contributed by atoms with van der Waals surface area (Å²) in [5.74, 6) is 3.28. The van der Waals surface area contributed by atoms with Crippen LogP contribution in [-0.2, 0) is 0 Å². The van der Waals surface area contributed by atoms with Crippen molar-refractivity contribution in [2.24, 2.45) is 35.0 Å². The lowest BCUT2D eigenvalue weighted by Gasteiger charge is -2.51. The Morgan fingerprint density at radius 1 is 1.24 bits per heavy atom. The molecule has 2 N–H and O–H groups in total. The van der Waals surface area contributed by atoms with Crippen molar-refractivity contribution in [3.63, 3.8) is 0 Å². The monoisotopic (exact) mass is 238 g/mol. The van der Waals surface area contributed by atoms with Crippen LogP contribution in [0.5, 0.6) is 0 Å². The van der Waals surface area contributed by atoms with E-state index in [1.807, 2.05) is 6.92 Å². The predicted molar refractivity (Wildman–Crippen MR) is 67.4 cm³/mol. The maximum absolute atomic E-state index is 10.7. The van der Waals surface area contributed by atoms with E-state index in [0.717, 1.165) is 37.0 Å². The Bertz CT molecular complexity index is 336.